The summed E-state index contributed by atoms with van der Waals surface area (Å²) in [4.78, 5) is 0. The van der Waals surface area contributed by atoms with Gasteiger partial charge in [0.25, 0.3) is 0 Å². The van der Waals surface area contributed by atoms with Gasteiger partial charge in [0.2, 0.25) is 5.88 Å². The summed E-state index contributed by atoms with van der Waals surface area (Å²) in [5, 5.41) is 3.74. The molecule has 0 aliphatic rings. The van der Waals surface area contributed by atoms with E-state index in [1.54, 1.807) is 0 Å². The SMILES string of the molecule is CCc1c(-c2ccc(F)c(F)c2)noc1N. The summed E-state index contributed by atoms with van der Waals surface area (Å²) >= 11 is 0. The standard InChI is InChI=1S/C11H10F2N2O/c1-2-7-10(15-16-11(7)14)6-3-4-8(12)9(13)5-6/h3-5H,2,14H2,1H3. The van der Waals surface area contributed by atoms with E-state index in [-0.39, 0.29) is 5.88 Å². The molecule has 3 nitrogen and oxygen atoms in total. The highest BCUT2D eigenvalue weighted by Gasteiger charge is 2.15. The molecule has 0 atom stereocenters. The number of hydrogen-bond donors (Lipinski definition) is 1. The van der Waals surface area contributed by atoms with Crippen molar-refractivity contribution >= 4 is 5.88 Å². The fourth-order valence-electron chi connectivity index (χ4n) is 1.53. The Balaban J connectivity index is 2.54. The molecule has 2 rings (SSSR count). The Kier molecular flexibility index (Phi) is 2.60. The second kappa shape index (κ2) is 3.92. The maximum atomic E-state index is 13.0. The first-order valence-corrected chi connectivity index (χ1v) is 4.83. The van der Waals surface area contributed by atoms with Gasteiger partial charge >= 0.3 is 0 Å². The number of aromatic nitrogens is 1. The van der Waals surface area contributed by atoms with Crippen LogP contribution in [0, 0.1) is 11.6 Å². The smallest absolute Gasteiger partial charge is 0.225 e. The summed E-state index contributed by atoms with van der Waals surface area (Å²) < 4.78 is 30.6. The Morgan fingerprint density at radius 2 is 2.06 bits per heavy atom. The topological polar surface area (TPSA) is 52.0 Å². The first-order valence-electron chi connectivity index (χ1n) is 4.83. The number of nitrogens with zero attached hydrogens (tertiary/aromatic N) is 1. The van der Waals surface area contributed by atoms with Gasteiger partial charge in [-0.15, -0.1) is 0 Å². The van der Waals surface area contributed by atoms with Crippen LogP contribution in [0.1, 0.15) is 12.5 Å². The lowest BCUT2D eigenvalue weighted by Crippen LogP contribution is -1.91. The zero-order chi connectivity index (χ0) is 11.7. The molecule has 0 saturated heterocycles. The lowest BCUT2D eigenvalue weighted by Gasteiger charge is -2.00. The molecule has 0 aliphatic carbocycles. The van der Waals surface area contributed by atoms with E-state index in [9.17, 15) is 8.78 Å². The average Bonchev–Trinajstić information content (AvgIpc) is 2.63. The maximum absolute atomic E-state index is 13.0. The van der Waals surface area contributed by atoms with Crippen LogP contribution in [0.3, 0.4) is 0 Å². The lowest BCUT2D eigenvalue weighted by molar-refractivity contribution is 0.438. The number of nitrogen functional groups attached to an aromatic ring is 1. The quantitative estimate of drug-likeness (QED) is 0.853. The third-order valence-electron chi connectivity index (χ3n) is 2.37. The molecule has 84 valence electrons. The van der Waals surface area contributed by atoms with E-state index in [4.69, 9.17) is 10.3 Å². The Morgan fingerprint density at radius 1 is 1.31 bits per heavy atom. The van der Waals surface area contributed by atoms with E-state index >= 15 is 0 Å². The van der Waals surface area contributed by atoms with Crippen LogP contribution in [0.4, 0.5) is 14.7 Å². The van der Waals surface area contributed by atoms with Gasteiger partial charge in [0.05, 0.1) is 0 Å². The second-order valence-corrected chi connectivity index (χ2v) is 3.36. The van der Waals surface area contributed by atoms with E-state index in [2.05, 4.69) is 5.16 Å². The molecule has 2 N–H and O–H groups in total. The normalized spacial score (nSPS) is 10.7. The van der Waals surface area contributed by atoms with Crippen molar-refractivity contribution < 1.29 is 13.3 Å². The summed E-state index contributed by atoms with van der Waals surface area (Å²) in [5.74, 6) is -1.60. The molecule has 16 heavy (non-hydrogen) atoms. The van der Waals surface area contributed by atoms with Crippen molar-refractivity contribution in [2.24, 2.45) is 0 Å². The predicted octanol–water partition coefficient (Wildman–Crippen LogP) is 2.76. The molecular formula is C11H10F2N2O. The number of halogens is 2. The fourth-order valence-corrected chi connectivity index (χ4v) is 1.53. The van der Waals surface area contributed by atoms with Gasteiger partial charge in [-0.2, -0.15) is 0 Å². The molecule has 0 fully saturated rings. The van der Waals surface area contributed by atoms with Gasteiger partial charge in [-0.25, -0.2) is 8.78 Å². The molecule has 5 heteroatoms. The minimum atomic E-state index is -0.916. The fraction of sp³-hybridized carbons (Fsp3) is 0.182. The van der Waals surface area contributed by atoms with Gasteiger partial charge in [0, 0.05) is 11.1 Å². The highest BCUT2D eigenvalue weighted by Crippen LogP contribution is 2.28. The van der Waals surface area contributed by atoms with Crippen molar-refractivity contribution in [2.75, 3.05) is 5.73 Å². The molecule has 1 heterocycles. The number of anilines is 1. The minimum Gasteiger partial charge on any atom is -0.367 e. The first-order chi connectivity index (χ1) is 7.63. The maximum Gasteiger partial charge on any atom is 0.225 e. The van der Waals surface area contributed by atoms with Crippen molar-refractivity contribution in [2.45, 2.75) is 13.3 Å². The highest BCUT2D eigenvalue weighted by molar-refractivity contribution is 5.66. The minimum absolute atomic E-state index is 0.210. The van der Waals surface area contributed by atoms with Crippen molar-refractivity contribution in [3.05, 3.63) is 35.4 Å². The molecule has 0 unspecified atom stereocenters. The zero-order valence-electron chi connectivity index (χ0n) is 8.63. The van der Waals surface area contributed by atoms with Crippen LogP contribution in [0.2, 0.25) is 0 Å². The lowest BCUT2D eigenvalue weighted by atomic mass is 10.1. The van der Waals surface area contributed by atoms with Crippen LogP contribution in [-0.4, -0.2) is 5.16 Å². The van der Waals surface area contributed by atoms with E-state index in [0.717, 1.165) is 12.1 Å². The second-order valence-electron chi connectivity index (χ2n) is 3.36. The van der Waals surface area contributed by atoms with E-state index in [1.165, 1.54) is 6.07 Å². The molecule has 0 radical (unpaired) electrons. The summed E-state index contributed by atoms with van der Waals surface area (Å²) in [5.41, 5.74) is 7.17. The van der Waals surface area contributed by atoms with Crippen molar-refractivity contribution in [1.29, 1.82) is 0 Å². The largest absolute Gasteiger partial charge is 0.367 e. The van der Waals surface area contributed by atoms with Crippen molar-refractivity contribution in [3.63, 3.8) is 0 Å². The third-order valence-corrected chi connectivity index (χ3v) is 2.37. The monoisotopic (exact) mass is 224 g/mol. The van der Waals surface area contributed by atoms with Gasteiger partial charge in [-0.3, -0.25) is 0 Å². The first kappa shape index (κ1) is 10.6. The average molecular weight is 224 g/mol. The zero-order valence-corrected chi connectivity index (χ0v) is 8.63. The van der Waals surface area contributed by atoms with Gasteiger partial charge in [0.15, 0.2) is 11.6 Å². The van der Waals surface area contributed by atoms with Crippen LogP contribution in [-0.2, 0) is 6.42 Å². The summed E-state index contributed by atoms with van der Waals surface area (Å²) in [7, 11) is 0. The molecule has 0 bridgehead atoms. The van der Waals surface area contributed by atoms with E-state index in [0.29, 0.717) is 23.2 Å². The van der Waals surface area contributed by atoms with Crippen LogP contribution in [0.25, 0.3) is 11.3 Å². The number of rotatable bonds is 2. The molecule has 0 aliphatic heterocycles. The van der Waals surface area contributed by atoms with Gasteiger partial charge < -0.3 is 10.3 Å². The van der Waals surface area contributed by atoms with Gasteiger partial charge in [-0.1, -0.05) is 12.1 Å². The van der Waals surface area contributed by atoms with Gasteiger partial charge in [0.1, 0.15) is 5.69 Å². The van der Waals surface area contributed by atoms with Crippen LogP contribution in [0.15, 0.2) is 22.7 Å². The van der Waals surface area contributed by atoms with Crippen molar-refractivity contribution in [3.8, 4) is 11.3 Å². The number of hydrogen-bond acceptors (Lipinski definition) is 3. The molecule has 0 spiro atoms. The van der Waals surface area contributed by atoms with Crippen LogP contribution in [0.5, 0.6) is 0 Å². The molecule has 0 amide bonds. The molecule has 2 aromatic rings. The molecule has 1 aromatic carbocycles. The van der Waals surface area contributed by atoms with Crippen LogP contribution >= 0.6 is 0 Å². The number of nitrogens with two attached hydrogens (primary N) is 1. The Hall–Kier alpha value is -1.91. The Labute approximate surface area is 90.9 Å². The van der Waals surface area contributed by atoms with E-state index < -0.39 is 11.6 Å². The van der Waals surface area contributed by atoms with Crippen LogP contribution < -0.4 is 5.73 Å². The molecule has 1 aromatic heterocycles. The number of benzene rings is 1. The predicted molar refractivity (Wildman–Crippen MR) is 55.6 cm³/mol. The summed E-state index contributed by atoms with van der Waals surface area (Å²) in [6.45, 7) is 1.88. The van der Waals surface area contributed by atoms with Gasteiger partial charge in [-0.05, 0) is 24.6 Å². The third kappa shape index (κ3) is 1.64. The molecular weight excluding hydrogens is 214 g/mol. The van der Waals surface area contributed by atoms with E-state index in [1.807, 2.05) is 6.92 Å². The van der Waals surface area contributed by atoms with Crippen molar-refractivity contribution in [1.82, 2.24) is 5.16 Å². The Morgan fingerprint density at radius 3 is 2.69 bits per heavy atom. The Bertz CT molecular complexity index is 523. The molecule has 0 saturated carbocycles. The highest BCUT2D eigenvalue weighted by atomic mass is 19.2. The summed E-state index contributed by atoms with van der Waals surface area (Å²) in [6.07, 6.45) is 0.615. The summed E-state index contributed by atoms with van der Waals surface area (Å²) in [6, 6.07) is 3.57.